The van der Waals surface area contributed by atoms with Gasteiger partial charge in [-0.1, -0.05) is 30.3 Å². The van der Waals surface area contributed by atoms with Gasteiger partial charge in [-0.25, -0.2) is 4.98 Å². The van der Waals surface area contributed by atoms with Crippen molar-refractivity contribution in [3.8, 4) is 11.3 Å². The van der Waals surface area contributed by atoms with Crippen molar-refractivity contribution in [2.75, 3.05) is 11.9 Å². The summed E-state index contributed by atoms with van der Waals surface area (Å²) in [5.41, 5.74) is 3.43. The Morgan fingerprint density at radius 3 is 2.55 bits per heavy atom. The molecule has 0 radical (unpaired) electrons. The third kappa shape index (κ3) is 2.86. The minimum Gasteiger partial charge on any atom is -0.347 e. The van der Waals surface area contributed by atoms with Crippen LogP contribution in [-0.2, 0) is 6.54 Å². The smallest absolute Gasteiger partial charge is 0.185 e. The van der Waals surface area contributed by atoms with Crippen molar-refractivity contribution in [3.05, 3.63) is 65.8 Å². The zero-order chi connectivity index (χ0) is 13.8. The Hall–Kier alpha value is -2.20. The third-order valence-corrected chi connectivity index (χ3v) is 4.01. The molecule has 0 atom stereocenters. The molecule has 0 aliphatic heterocycles. The van der Waals surface area contributed by atoms with Gasteiger partial charge in [-0.2, -0.15) is 0 Å². The van der Waals surface area contributed by atoms with E-state index in [0.717, 1.165) is 22.9 Å². The minimum atomic E-state index is 0.838. The van der Waals surface area contributed by atoms with E-state index in [-0.39, 0.29) is 0 Å². The Morgan fingerprint density at radius 1 is 1.05 bits per heavy atom. The topological polar surface area (TPSA) is 29.0 Å². The first-order chi connectivity index (χ1) is 9.83. The Morgan fingerprint density at radius 2 is 1.80 bits per heavy atom. The Kier molecular flexibility index (Phi) is 3.74. The van der Waals surface area contributed by atoms with Crippen molar-refractivity contribution in [3.63, 3.8) is 0 Å². The molecule has 0 spiro atoms. The van der Waals surface area contributed by atoms with Gasteiger partial charge in [0, 0.05) is 36.9 Å². The number of thiazole rings is 1. The number of hydrogen-bond acceptors (Lipinski definition) is 4. The van der Waals surface area contributed by atoms with E-state index in [4.69, 9.17) is 4.98 Å². The van der Waals surface area contributed by atoms with Crippen LogP contribution in [0, 0.1) is 0 Å². The summed E-state index contributed by atoms with van der Waals surface area (Å²) in [6, 6.07) is 14.3. The molecule has 0 unspecified atom stereocenters. The van der Waals surface area contributed by atoms with Gasteiger partial charge in [0.05, 0.1) is 5.69 Å². The van der Waals surface area contributed by atoms with Crippen LogP contribution in [0.3, 0.4) is 0 Å². The summed E-state index contributed by atoms with van der Waals surface area (Å²) in [4.78, 5) is 10.9. The molecule has 0 N–H and O–H groups in total. The standard InChI is InChI=1S/C16H15N3S/c1-19(11-13-7-9-17-10-8-13)16-18-15(12-20-16)14-5-3-2-4-6-14/h2-10,12H,11H2,1H3. The molecule has 0 aliphatic rings. The highest BCUT2D eigenvalue weighted by Gasteiger charge is 2.08. The zero-order valence-corrected chi connectivity index (χ0v) is 12.0. The molecule has 4 heteroatoms. The first-order valence-electron chi connectivity index (χ1n) is 6.44. The first kappa shape index (κ1) is 12.8. The fourth-order valence-corrected chi connectivity index (χ4v) is 2.81. The normalized spacial score (nSPS) is 10.4. The lowest BCUT2D eigenvalue weighted by atomic mass is 10.2. The van der Waals surface area contributed by atoms with Crippen molar-refractivity contribution >= 4 is 16.5 Å². The Bertz CT molecular complexity index is 664. The lowest BCUT2D eigenvalue weighted by Gasteiger charge is -2.15. The second-order valence-electron chi connectivity index (χ2n) is 4.59. The highest BCUT2D eigenvalue weighted by Crippen LogP contribution is 2.27. The summed E-state index contributed by atoms with van der Waals surface area (Å²) in [5, 5.41) is 3.13. The van der Waals surface area contributed by atoms with Gasteiger partial charge < -0.3 is 4.90 Å². The van der Waals surface area contributed by atoms with E-state index < -0.39 is 0 Å². The monoisotopic (exact) mass is 281 g/mol. The van der Waals surface area contributed by atoms with E-state index in [1.165, 1.54) is 5.56 Å². The van der Waals surface area contributed by atoms with E-state index in [0.29, 0.717) is 0 Å². The van der Waals surface area contributed by atoms with Crippen LogP contribution in [0.4, 0.5) is 5.13 Å². The van der Waals surface area contributed by atoms with Gasteiger partial charge in [-0.05, 0) is 17.7 Å². The summed E-state index contributed by atoms with van der Waals surface area (Å²) in [6.45, 7) is 0.838. The van der Waals surface area contributed by atoms with Gasteiger partial charge >= 0.3 is 0 Å². The van der Waals surface area contributed by atoms with Gasteiger partial charge in [0.1, 0.15) is 0 Å². The van der Waals surface area contributed by atoms with Gasteiger partial charge in [0.2, 0.25) is 0 Å². The van der Waals surface area contributed by atoms with E-state index in [9.17, 15) is 0 Å². The summed E-state index contributed by atoms with van der Waals surface area (Å²) in [5.74, 6) is 0. The fourth-order valence-electron chi connectivity index (χ4n) is 2.01. The van der Waals surface area contributed by atoms with Crippen molar-refractivity contribution in [1.82, 2.24) is 9.97 Å². The molecule has 0 bridgehead atoms. The molecule has 0 aliphatic carbocycles. The molecule has 3 nitrogen and oxygen atoms in total. The van der Waals surface area contributed by atoms with Gasteiger partial charge in [-0.15, -0.1) is 11.3 Å². The van der Waals surface area contributed by atoms with E-state index >= 15 is 0 Å². The lowest BCUT2D eigenvalue weighted by molar-refractivity contribution is 0.912. The predicted molar refractivity (Wildman–Crippen MR) is 83.9 cm³/mol. The molecule has 100 valence electrons. The Labute approximate surface area is 122 Å². The fraction of sp³-hybridized carbons (Fsp3) is 0.125. The van der Waals surface area contributed by atoms with Crippen LogP contribution < -0.4 is 4.90 Å². The highest BCUT2D eigenvalue weighted by atomic mass is 32.1. The number of anilines is 1. The zero-order valence-electron chi connectivity index (χ0n) is 11.2. The quantitative estimate of drug-likeness (QED) is 0.727. The largest absolute Gasteiger partial charge is 0.347 e. The van der Waals surface area contributed by atoms with Crippen molar-refractivity contribution in [2.45, 2.75) is 6.54 Å². The number of rotatable bonds is 4. The van der Waals surface area contributed by atoms with Crippen molar-refractivity contribution in [1.29, 1.82) is 0 Å². The molecular formula is C16H15N3S. The molecule has 3 aromatic rings. The molecule has 0 fully saturated rings. The van der Waals surface area contributed by atoms with E-state index in [2.05, 4.69) is 34.4 Å². The number of hydrogen-bond donors (Lipinski definition) is 0. The molecule has 20 heavy (non-hydrogen) atoms. The predicted octanol–water partition coefficient (Wildman–Crippen LogP) is 3.84. The highest BCUT2D eigenvalue weighted by molar-refractivity contribution is 7.14. The van der Waals surface area contributed by atoms with Crippen LogP contribution in [0.25, 0.3) is 11.3 Å². The number of aromatic nitrogens is 2. The average molecular weight is 281 g/mol. The molecule has 0 amide bonds. The van der Waals surface area contributed by atoms with Gasteiger partial charge in [0.15, 0.2) is 5.13 Å². The molecule has 2 aromatic heterocycles. The van der Waals surface area contributed by atoms with Crippen molar-refractivity contribution < 1.29 is 0 Å². The summed E-state index contributed by atoms with van der Waals surface area (Å²) in [6.07, 6.45) is 3.64. The second kappa shape index (κ2) is 5.84. The maximum absolute atomic E-state index is 4.71. The lowest BCUT2D eigenvalue weighted by Crippen LogP contribution is -2.15. The molecule has 3 rings (SSSR count). The van der Waals surface area contributed by atoms with Gasteiger partial charge in [0.25, 0.3) is 0 Å². The van der Waals surface area contributed by atoms with Crippen LogP contribution >= 0.6 is 11.3 Å². The molecule has 1 aromatic carbocycles. The maximum Gasteiger partial charge on any atom is 0.185 e. The van der Waals surface area contributed by atoms with Crippen LogP contribution in [0.1, 0.15) is 5.56 Å². The average Bonchev–Trinajstić information content (AvgIpc) is 2.99. The summed E-state index contributed by atoms with van der Waals surface area (Å²) < 4.78 is 0. The van der Waals surface area contributed by atoms with Crippen LogP contribution in [0.5, 0.6) is 0 Å². The van der Waals surface area contributed by atoms with Crippen LogP contribution in [0.15, 0.2) is 60.2 Å². The minimum absolute atomic E-state index is 0.838. The van der Waals surface area contributed by atoms with E-state index in [1.807, 2.05) is 42.7 Å². The number of nitrogens with zero attached hydrogens (tertiary/aromatic N) is 3. The van der Waals surface area contributed by atoms with Crippen LogP contribution in [0.2, 0.25) is 0 Å². The van der Waals surface area contributed by atoms with Gasteiger partial charge in [-0.3, -0.25) is 4.98 Å². The molecule has 0 saturated heterocycles. The SMILES string of the molecule is CN(Cc1ccncc1)c1nc(-c2ccccc2)cs1. The van der Waals surface area contributed by atoms with E-state index in [1.54, 1.807) is 11.3 Å². The molecule has 2 heterocycles. The maximum atomic E-state index is 4.71. The van der Waals surface area contributed by atoms with Crippen molar-refractivity contribution in [2.24, 2.45) is 0 Å². The number of benzene rings is 1. The summed E-state index contributed by atoms with van der Waals surface area (Å²) in [7, 11) is 2.06. The number of pyridine rings is 1. The Balaban J connectivity index is 1.77. The first-order valence-corrected chi connectivity index (χ1v) is 7.32. The molecular weight excluding hydrogens is 266 g/mol. The summed E-state index contributed by atoms with van der Waals surface area (Å²) >= 11 is 1.67. The molecule has 0 saturated carbocycles. The second-order valence-corrected chi connectivity index (χ2v) is 5.43. The third-order valence-electron chi connectivity index (χ3n) is 3.06. The van der Waals surface area contributed by atoms with Crippen LogP contribution in [-0.4, -0.2) is 17.0 Å².